The molecule has 0 amide bonds. The van der Waals surface area contributed by atoms with Crippen LogP contribution in [0.15, 0.2) is 18.2 Å². The van der Waals surface area contributed by atoms with E-state index in [-0.39, 0.29) is 11.4 Å². The molecule has 0 aliphatic carbocycles. The summed E-state index contributed by atoms with van der Waals surface area (Å²) in [5.41, 5.74) is 5.24. The molecule has 1 aromatic carbocycles. The van der Waals surface area contributed by atoms with E-state index in [1.807, 2.05) is 0 Å². The van der Waals surface area contributed by atoms with Crippen LogP contribution < -0.4 is 11.1 Å². The van der Waals surface area contributed by atoms with Crippen molar-refractivity contribution in [2.75, 3.05) is 31.3 Å². The summed E-state index contributed by atoms with van der Waals surface area (Å²) in [5.74, 6) is 0. The van der Waals surface area contributed by atoms with Crippen molar-refractivity contribution in [2.45, 2.75) is 18.9 Å². The summed E-state index contributed by atoms with van der Waals surface area (Å²) >= 11 is 0. The van der Waals surface area contributed by atoms with Crippen LogP contribution in [0.5, 0.6) is 0 Å². The first kappa shape index (κ1) is 15.2. The van der Waals surface area contributed by atoms with Crippen molar-refractivity contribution in [2.24, 2.45) is 0 Å². The highest BCUT2D eigenvalue weighted by molar-refractivity contribution is 5.65. The Morgan fingerprint density at radius 1 is 1.58 bits per heavy atom. The molecule has 0 fully saturated rings. The van der Waals surface area contributed by atoms with Gasteiger partial charge in [0.15, 0.2) is 0 Å². The highest BCUT2D eigenvalue weighted by Gasteiger charge is 2.20. The first-order chi connectivity index (χ1) is 8.85. The normalized spacial score (nSPS) is 13.8. The number of aliphatic hydroxyl groups is 1. The van der Waals surface area contributed by atoms with E-state index in [2.05, 4.69) is 5.32 Å². The Morgan fingerprint density at radius 2 is 2.26 bits per heavy atom. The van der Waals surface area contributed by atoms with Crippen LogP contribution in [0.4, 0.5) is 17.1 Å². The summed E-state index contributed by atoms with van der Waals surface area (Å²) in [5, 5.41) is 23.6. The average molecular weight is 269 g/mol. The number of nitro benzene ring substituents is 1. The number of methoxy groups -OCH3 is 1. The van der Waals surface area contributed by atoms with Crippen LogP contribution in [0.25, 0.3) is 0 Å². The van der Waals surface area contributed by atoms with Crippen molar-refractivity contribution < 1.29 is 14.8 Å². The van der Waals surface area contributed by atoms with Crippen molar-refractivity contribution in [1.82, 2.24) is 0 Å². The number of hydrogen-bond acceptors (Lipinski definition) is 6. The molecule has 0 aliphatic heterocycles. The lowest BCUT2D eigenvalue weighted by Gasteiger charge is -2.23. The number of ether oxygens (including phenoxy) is 1. The van der Waals surface area contributed by atoms with E-state index in [0.717, 1.165) is 0 Å². The molecule has 1 rings (SSSR count). The van der Waals surface area contributed by atoms with Gasteiger partial charge in [-0.3, -0.25) is 10.1 Å². The van der Waals surface area contributed by atoms with Crippen molar-refractivity contribution in [3.63, 3.8) is 0 Å². The van der Waals surface area contributed by atoms with Gasteiger partial charge in [0.1, 0.15) is 5.69 Å². The molecule has 0 heterocycles. The Labute approximate surface area is 111 Å². The van der Waals surface area contributed by atoms with Crippen LogP contribution in [-0.4, -0.2) is 35.9 Å². The van der Waals surface area contributed by atoms with Gasteiger partial charge in [0.05, 0.1) is 10.5 Å². The minimum atomic E-state index is -0.924. The third-order valence-electron chi connectivity index (χ3n) is 2.74. The van der Waals surface area contributed by atoms with Crippen molar-refractivity contribution >= 4 is 17.1 Å². The van der Waals surface area contributed by atoms with Gasteiger partial charge in [0.25, 0.3) is 5.69 Å². The van der Waals surface area contributed by atoms with E-state index in [9.17, 15) is 15.2 Å². The van der Waals surface area contributed by atoms with E-state index < -0.39 is 10.5 Å². The van der Waals surface area contributed by atoms with Crippen LogP contribution in [0.2, 0.25) is 0 Å². The van der Waals surface area contributed by atoms with Crippen molar-refractivity contribution in [1.29, 1.82) is 0 Å². The fourth-order valence-electron chi connectivity index (χ4n) is 1.53. The zero-order valence-electron chi connectivity index (χ0n) is 11.0. The predicted molar refractivity (Wildman–Crippen MR) is 73.1 cm³/mol. The van der Waals surface area contributed by atoms with E-state index in [1.54, 1.807) is 20.1 Å². The smallest absolute Gasteiger partial charge is 0.292 e. The Kier molecular flexibility index (Phi) is 5.08. The van der Waals surface area contributed by atoms with Crippen molar-refractivity contribution in [3.05, 3.63) is 28.3 Å². The van der Waals surface area contributed by atoms with Gasteiger partial charge < -0.3 is 20.9 Å². The topological polar surface area (TPSA) is 111 Å². The van der Waals surface area contributed by atoms with Crippen LogP contribution in [0, 0.1) is 10.1 Å². The predicted octanol–water partition coefficient (Wildman–Crippen LogP) is 1.38. The van der Waals surface area contributed by atoms with Crippen molar-refractivity contribution in [3.8, 4) is 0 Å². The molecule has 0 aromatic heterocycles. The second-order valence-electron chi connectivity index (χ2n) is 4.62. The minimum absolute atomic E-state index is 0.0894. The maximum atomic E-state index is 10.6. The molecule has 7 heteroatoms. The van der Waals surface area contributed by atoms with Crippen LogP contribution in [0.3, 0.4) is 0 Å². The molecule has 1 unspecified atom stereocenters. The largest absolute Gasteiger partial charge is 0.393 e. The maximum absolute atomic E-state index is 10.6. The number of nitro groups is 1. The lowest BCUT2D eigenvalue weighted by atomic mass is 10.0. The lowest BCUT2D eigenvalue weighted by molar-refractivity contribution is -0.383. The van der Waals surface area contributed by atoms with E-state index in [1.165, 1.54) is 12.1 Å². The molecule has 0 bridgehead atoms. The molecular formula is C12H19N3O4. The summed E-state index contributed by atoms with van der Waals surface area (Å²) < 4.78 is 4.91. The molecule has 0 saturated heterocycles. The number of nitrogens with two attached hydrogens (primary N) is 1. The fourth-order valence-corrected chi connectivity index (χ4v) is 1.53. The Balaban J connectivity index is 2.63. The number of hydrogen-bond donors (Lipinski definition) is 3. The maximum Gasteiger partial charge on any atom is 0.292 e. The second-order valence-corrected chi connectivity index (χ2v) is 4.62. The molecular weight excluding hydrogens is 250 g/mol. The first-order valence-corrected chi connectivity index (χ1v) is 5.85. The zero-order valence-corrected chi connectivity index (χ0v) is 11.0. The molecule has 0 saturated carbocycles. The van der Waals surface area contributed by atoms with E-state index in [4.69, 9.17) is 10.5 Å². The lowest BCUT2D eigenvalue weighted by Crippen LogP contribution is -2.34. The van der Waals surface area contributed by atoms with Crippen LogP contribution in [0.1, 0.15) is 13.3 Å². The van der Waals surface area contributed by atoms with E-state index in [0.29, 0.717) is 25.3 Å². The number of benzene rings is 1. The Hall–Kier alpha value is -1.86. The summed E-state index contributed by atoms with van der Waals surface area (Å²) in [6.45, 7) is 2.44. The second kappa shape index (κ2) is 6.35. The molecule has 0 radical (unpaired) electrons. The Morgan fingerprint density at radius 3 is 2.79 bits per heavy atom. The van der Waals surface area contributed by atoms with Gasteiger partial charge in [-0.2, -0.15) is 0 Å². The van der Waals surface area contributed by atoms with Gasteiger partial charge in [-0.1, -0.05) is 0 Å². The zero-order chi connectivity index (χ0) is 14.5. The number of rotatable bonds is 7. The summed E-state index contributed by atoms with van der Waals surface area (Å²) in [7, 11) is 1.57. The number of nitrogens with one attached hydrogen (secondary N) is 1. The third kappa shape index (κ3) is 4.72. The fraction of sp³-hybridized carbons (Fsp3) is 0.500. The molecule has 4 N–H and O–H groups in total. The molecule has 1 atom stereocenters. The number of nitrogen functional groups attached to an aromatic ring is 1. The monoisotopic (exact) mass is 269 g/mol. The quantitative estimate of drug-likeness (QED) is 0.392. The summed E-state index contributed by atoms with van der Waals surface area (Å²) in [4.78, 5) is 10.1. The molecule has 7 nitrogen and oxygen atoms in total. The molecule has 0 spiro atoms. The first-order valence-electron chi connectivity index (χ1n) is 5.85. The van der Waals surface area contributed by atoms with Crippen LogP contribution in [-0.2, 0) is 4.74 Å². The number of nitrogens with zero attached hydrogens (tertiary/aromatic N) is 1. The van der Waals surface area contributed by atoms with Gasteiger partial charge >= 0.3 is 0 Å². The number of anilines is 2. The summed E-state index contributed by atoms with van der Waals surface area (Å²) in [6, 6.07) is 4.37. The van der Waals surface area contributed by atoms with Gasteiger partial charge in [0.2, 0.25) is 0 Å². The minimum Gasteiger partial charge on any atom is -0.393 e. The molecule has 106 valence electrons. The third-order valence-corrected chi connectivity index (χ3v) is 2.74. The SMILES string of the molecule is COCCC(C)(O)CNc1ccc([N+](=O)[O-])c(N)c1. The standard InChI is InChI=1S/C12H19N3O4/c1-12(16,5-6-19-2)8-14-9-3-4-11(15(17)18)10(13)7-9/h3-4,7,14,16H,5-6,8,13H2,1-2H3. The van der Waals surface area contributed by atoms with Gasteiger partial charge in [-0.15, -0.1) is 0 Å². The van der Waals surface area contributed by atoms with Gasteiger partial charge in [-0.25, -0.2) is 0 Å². The highest BCUT2D eigenvalue weighted by atomic mass is 16.6. The summed E-state index contributed by atoms with van der Waals surface area (Å²) in [6.07, 6.45) is 0.485. The molecule has 1 aromatic rings. The van der Waals surface area contributed by atoms with E-state index >= 15 is 0 Å². The van der Waals surface area contributed by atoms with Crippen LogP contribution >= 0.6 is 0 Å². The highest BCUT2D eigenvalue weighted by Crippen LogP contribution is 2.25. The van der Waals surface area contributed by atoms with Gasteiger partial charge in [0, 0.05) is 38.4 Å². The Bertz CT molecular complexity index is 449. The average Bonchev–Trinajstić information content (AvgIpc) is 2.34. The molecule has 19 heavy (non-hydrogen) atoms. The van der Waals surface area contributed by atoms with Gasteiger partial charge in [-0.05, 0) is 19.1 Å². The molecule has 0 aliphatic rings.